The average Bonchev–Trinajstić information content (AvgIpc) is 3.31. The van der Waals surface area contributed by atoms with E-state index < -0.39 is 48.0 Å². The summed E-state index contributed by atoms with van der Waals surface area (Å²) in [6.45, 7) is 3.31. The second kappa shape index (κ2) is 9.84. The van der Waals surface area contributed by atoms with E-state index in [2.05, 4.69) is 15.0 Å². The van der Waals surface area contributed by atoms with Gasteiger partial charge in [0, 0.05) is 31.4 Å². The van der Waals surface area contributed by atoms with Crippen molar-refractivity contribution in [1.82, 2.24) is 19.5 Å². The van der Waals surface area contributed by atoms with E-state index in [0.29, 0.717) is 10.6 Å². The lowest BCUT2D eigenvalue weighted by molar-refractivity contribution is -0.166. The molecule has 0 unspecified atom stereocenters. The van der Waals surface area contributed by atoms with Gasteiger partial charge in [-0.25, -0.2) is 9.97 Å². The van der Waals surface area contributed by atoms with Crippen LogP contribution in [0.15, 0.2) is 35.4 Å². The van der Waals surface area contributed by atoms with Crippen LogP contribution in [0.4, 0.5) is 0 Å². The molecule has 1 saturated heterocycles. The highest BCUT2D eigenvalue weighted by Gasteiger charge is 2.51. The number of aromatic amines is 1. The second-order valence-corrected chi connectivity index (χ2v) is 8.17. The Hall–Kier alpha value is -3.77. The van der Waals surface area contributed by atoms with Crippen molar-refractivity contribution in [2.75, 3.05) is 6.61 Å². The molecule has 1 fully saturated rings. The van der Waals surface area contributed by atoms with E-state index in [9.17, 15) is 19.2 Å². The average molecular weight is 505 g/mol. The standard InChI is InChI=1S/C22H21ClN4O8/c1-10(28)32-8-15-17(33-11(2)29)18(34-12(3)30)22(35-15)27-19(13-5-4-6-14(23)7-13)26-16-20(27)24-9-25-21(16)31/h4-7,9,15,17-18,22H,8H2,1-3H3,(H,24,25,31)/t15-,17-,18-,22-/m1/s1. The third-order valence-corrected chi connectivity index (χ3v) is 5.40. The van der Waals surface area contributed by atoms with Crippen molar-refractivity contribution in [3.05, 3.63) is 46.0 Å². The van der Waals surface area contributed by atoms with Gasteiger partial charge < -0.3 is 23.9 Å². The van der Waals surface area contributed by atoms with E-state index in [-0.39, 0.29) is 23.6 Å². The SMILES string of the molecule is CC(=O)OC[C@H]1O[C@@H](n2c(-c3cccc(Cl)c3)nc3c(=O)[nH]cnc32)[C@H](OC(C)=O)[C@@H]1OC(C)=O. The number of imidazole rings is 1. The van der Waals surface area contributed by atoms with Gasteiger partial charge in [0.15, 0.2) is 29.6 Å². The molecule has 0 radical (unpaired) electrons. The molecule has 3 heterocycles. The van der Waals surface area contributed by atoms with Crippen LogP contribution >= 0.6 is 11.6 Å². The van der Waals surface area contributed by atoms with Gasteiger partial charge in [0.25, 0.3) is 5.56 Å². The Labute approximate surface area is 203 Å². The van der Waals surface area contributed by atoms with E-state index in [1.165, 1.54) is 31.7 Å². The molecule has 0 amide bonds. The maximum atomic E-state index is 12.5. The van der Waals surface area contributed by atoms with Crippen LogP contribution in [0.25, 0.3) is 22.6 Å². The first kappa shape index (κ1) is 24.4. The first-order valence-electron chi connectivity index (χ1n) is 10.5. The number of hydrogen-bond acceptors (Lipinski definition) is 10. The number of benzene rings is 1. The van der Waals surface area contributed by atoms with E-state index in [0.717, 1.165) is 0 Å². The van der Waals surface area contributed by atoms with Crippen molar-refractivity contribution in [2.45, 2.75) is 45.3 Å². The van der Waals surface area contributed by atoms with Crippen LogP contribution in [0.5, 0.6) is 0 Å². The molecule has 184 valence electrons. The first-order chi connectivity index (χ1) is 16.7. The topological polar surface area (TPSA) is 152 Å². The fraction of sp³-hybridized carbons (Fsp3) is 0.364. The molecule has 0 saturated carbocycles. The van der Waals surface area contributed by atoms with Crippen LogP contribution in [0, 0.1) is 0 Å². The van der Waals surface area contributed by atoms with Crippen LogP contribution in [0.3, 0.4) is 0 Å². The molecular weight excluding hydrogens is 484 g/mol. The molecule has 0 spiro atoms. The van der Waals surface area contributed by atoms with E-state index >= 15 is 0 Å². The van der Waals surface area contributed by atoms with Gasteiger partial charge >= 0.3 is 17.9 Å². The molecule has 4 rings (SSSR count). The highest BCUT2D eigenvalue weighted by molar-refractivity contribution is 6.30. The minimum absolute atomic E-state index is 0.000114. The lowest BCUT2D eigenvalue weighted by Gasteiger charge is -2.24. The van der Waals surface area contributed by atoms with Crippen LogP contribution in [0.1, 0.15) is 27.0 Å². The molecule has 2 aromatic heterocycles. The highest BCUT2D eigenvalue weighted by Crippen LogP contribution is 2.39. The maximum absolute atomic E-state index is 12.5. The fourth-order valence-electron chi connectivity index (χ4n) is 3.89. The third-order valence-electron chi connectivity index (χ3n) is 5.16. The Morgan fingerprint density at radius 2 is 1.83 bits per heavy atom. The van der Waals surface area contributed by atoms with Crippen molar-refractivity contribution >= 4 is 40.7 Å². The molecule has 1 N–H and O–H groups in total. The number of fused-ring (bicyclic) bond motifs is 1. The van der Waals surface area contributed by atoms with Gasteiger partial charge in [0.1, 0.15) is 18.5 Å². The molecule has 0 aliphatic carbocycles. The zero-order chi connectivity index (χ0) is 25.3. The first-order valence-corrected chi connectivity index (χ1v) is 10.9. The number of halogens is 1. The Morgan fingerprint density at radius 3 is 2.49 bits per heavy atom. The van der Waals surface area contributed by atoms with Gasteiger partial charge in [-0.3, -0.25) is 23.7 Å². The number of H-pyrrole nitrogens is 1. The summed E-state index contributed by atoms with van der Waals surface area (Å²) < 4.78 is 23.6. The molecule has 35 heavy (non-hydrogen) atoms. The predicted molar refractivity (Wildman–Crippen MR) is 120 cm³/mol. The summed E-state index contributed by atoms with van der Waals surface area (Å²) in [4.78, 5) is 59.0. The fourth-order valence-corrected chi connectivity index (χ4v) is 4.08. The van der Waals surface area contributed by atoms with Crippen LogP contribution in [0.2, 0.25) is 5.02 Å². The van der Waals surface area contributed by atoms with Crippen molar-refractivity contribution in [1.29, 1.82) is 0 Å². The normalized spacial score (nSPS) is 21.6. The zero-order valence-corrected chi connectivity index (χ0v) is 19.6. The highest BCUT2D eigenvalue weighted by atomic mass is 35.5. The van der Waals surface area contributed by atoms with Crippen molar-refractivity contribution in [2.24, 2.45) is 0 Å². The summed E-state index contributed by atoms with van der Waals surface area (Å²) in [5, 5.41) is 0.414. The predicted octanol–water partition coefficient (Wildman–Crippen LogP) is 1.76. The third kappa shape index (κ3) is 5.03. The molecule has 3 aromatic rings. The quantitative estimate of drug-likeness (QED) is 0.388. The molecule has 1 aromatic carbocycles. The Morgan fingerprint density at radius 1 is 1.11 bits per heavy atom. The van der Waals surface area contributed by atoms with E-state index in [4.69, 9.17) is 30.5 Å². The number of nitrogens with one attached hydrogen (secondary N) is 1. The molecular formula is C22H21ClN4O8. The minimum Gasteiger partial charge on any atom is -0.463 e. The van der Waals surface area contributed by atoms with Crippen LogP contribution in [-0.2, 0) is 33.3 Å². The maximum Gasteiger partial charge on any atom is 0.303 e. The Kier molecular flexibility index (Phi) is 6.85. The van der Waals surface area contributed by atoms with Gasteiger partial charge in [-0.1, -0.05) is 23.7 Å². The molecule has 13 heteroatoms. The number of hydrogen-bond donors (Lipinski definition) is 1. The van der Waals surface area contributed by atoms with Gasteiger partial charge in [-0.2, -0.15) is 0 Å². The minimum atomic E-state index is -1.19. The summed E-state index contributed by atoms with van der Waals surface area (Å²) in [5.74, 6) is -1.68. The molecule has 0 bridgehead atoms. The smallest absolute Gasteiger partial charge is 0.303 e. The van der Waals surface area contributed by atoms with Gasteiger partial charge in [-0.15, -0.1) is 0 Å². The van der Waals surface area contributed by atoms with Crippen LogP contribution < -0.4 is 5.56 Å². The summed E-state index contributed by atoms with van der Waals surface area (Å²) in [6.07, 6.45) is -3.28. The molecule has 1 aliphatic rings. The summed E-state index contributed by atoms with van der Waals surface area (Å²) in [6, 6.07) is 6.71. The second-order valence-electron chi connectivity index (χ2n) is 7.74. The number of ether oxygens (including phenoxy) is 4. The Bertz CT molecular complexity index is 1350. The lowest BCUT2D eigenvalue weighted by atomic mass is 10.1. The number of aromatic nitrogens is 4. The number of esters is 3. The molecule has 1 aliphatic heterocycles. The monoisotopic (exact) mass is 504 g/mol. The summed E-state index contributed by atoms with van der Waals surface area (Å²) in [5.41, 5.74) is 0.139. The Balaban J connectivity index is 1.91. The zero-order valence-electron chi connectivity index (χ0n) is 18.9. The number of rotatable bonds is 6. The van der Waals surface area contributed by atoms with Gasteiger partial charge in [0.05, 0.1) is 6.33 Å². The van der Waals surface area contributed by atoms with Gasteiger partial charge in [0.2, 0.25) is 0 Å². The van der Waals surface area contributed by atoms with Crippen LogP contribution in [-0.4, -0.2) is 62.3 Å². The lowest BCUT2D eigenvalue weighted by Crippen LogP contribution is -2.40. The van der Waals surface area contributed by atoms with Gasteiger partial charge in [-0.05, 0) is 12.1 Å². The van der Waals surface area contributed by atoms with E-state index in [1.54, 1.807) is 24.3 Å². The number of nitrogens with zero attached hydrogens (tertiary/aromatic N) is 3. The summed E-state index contributed by atoms with van der Waals surface area (Å²) >= 11 is 6.18. The van der Waals surface area contributed by atoms with Crippen molar-refractivity contribution in [3.8, 4) is 11.4 Å². The summed E-state index contributed by atoms with van der Waals surface area (Å²) in [7, 11) is 0. The number of carbonyl (C=O) groups is 3. The molecule has 4 atom stereocenters. The van der Waals surface area contributed by atoms with Crippen molar-refractivity contribution < 1.29 is 33.3 Å². The largest absolute Gasteiger partial charge is 0.463 e. The molecule has 12 nitrogen and oxygen atoms in total. The van der Waals surface area contributed by atoms with E-state index in [1.807, 2.05) is 0 Å². The number of carbonyl (C=O) groups excluding carboxylic acids is 3. The van der Waals surface area contributed by atoms with Crippen molar-refractivity contribution in [3.63, 3.8) is 0 Å².